The van der Waals surface area contributed by atoms with Crippen molar-refractivity contribution in [1.82, 2.24) is 0 Å². The molecule has 0 aliphatic heterocycles. The second-order valence-corrected chi connectivity index (χ2v) is 3.29. The van der Waals surface area contributed by atoms with Crippen molar-refractivity contribution < 1.29 is 20.2 Å². The van der Waals surface area contributed by atoms with Crippen molar-refractivity contribution in [2.45, 2.75) is 0 Å². The van der Waals surface area contributed by atoms with E-state index < -0.39 is 11.7 Å². The summed E-state index contributed by atoms with van der Waals surface area (Å²) in [7, 11) is 0. The topological polar surface area (TPSA) is 89.8 Å². The van der Waals surface area contributed by atoms with Crippen molar-refractivity contribution in [3.05, 3.63) is 35.9 Å². The van der Waals surface area contributed by atoms with Crippen molar-refractivity contribution in [3.63, 3.8) is 0 Å². The van der Waals surface area contributed by atoms with Gasteiger partial charge in [-0.2, -0.15) is 0 Å². The van der Waals surface area contributed by atoms with Crippen LogP contribution < -0.4 is 5.48 Å². The van der Waals surface area contributed by atoms with Gasteiger partial charge >= 0.3 is 5.97 Å². The van der Waals surface area contributed by atoms with Crippen molar-refractivity contribution >= 4 is 22.4 Å². The maximum atomic E-state index is 11.0. The first-order chi connectivity index (χ1) is 7.65. The molecule has 2 aromatic carbocycles. The molecule has 0 bridgehead atoms. The molecular formula is C11H9NO4. The van der Waals surface area contributed by atoms with Crippen molar-refractivity contribution in [2.75, 3.05) is 5.48 Å². The van der Waals surface area contributed by atoms with Gasteiger partial charge in [0.1, 0.15) is 11.3 Å². The predicted octanol–water partition coefficient (Wildman–Crippen LogP) is 2.04. The number of hydrogen-bond donors (Lipinski definition) is 4. The highest BCUT2D eigenvalue weighted by Gasteiger charge is 2.17. The quantitative estimate of drug-likeness (QED) is 0.458. The summed E-state index contributed by atoms with van der Waals surface area (Å²) in [6, 6.07) is 8.19. The summed E-state index contributed by atoms with van der Waals surface area (Å²) in [6.45, 7) is 0. The molecule has 0 spiro atoms. The maximum Gasteiger partial charge on any atom is 0.340 e. The van der Waals surface area contributed by atoms with Gasteiger partial charge in [-0.3, -0.25) is 10.7 Å². The molecule has 5 heteroatoms. The van der Waals surface area contributed by atoms with E-state index in [4.69, 9.17) is 10.3 Å². The number of anilines is 1. The normalized spacial score (nSPS) is 10.3. The van der Waals surface area contributed by atoms with Crippen LogP contribution in [0.25, 0.3) is 10.8 Å². The van der Waals surface area contributed by atoms with Crippen LogP contribution in [0.2, 0.25) is 0 Å². The first kappa shape index (κ1) is 10.3. The predicted molar refractivity (Wildman–Crippen MR) is 58.0 cm³/mol. The lowest BCUT2D eigenvalue weighted by Gasteiger charge is -2.09. The third kappa shape index (κ3) is 1.43. The van der Waals surface area contributed by atoms with E-state index in [1.807, 2.05) is 0 Å². The summed E-state index contributed by atoms with van der Waals surface area (Å²) in [6.07, 6.45) is 0. The number of fused-ring (bicyclic) bond motifs is 1. The smallest absolute Gasteiger partial charge is 0.340 e. The number of hydrogen-bond acceptors (Lipinski definition) is 4. The molecule has 0 aromatic heterocycles. The number of aromatic hydroxyl groups is 1. The van der Waals surface area contributed by atoms with E-state index in [-0.39, 0.29) is 11.3 Å². The average Bonchev–Trinajstić information content (AvgIpc) is 2.27. The van der Waals surface area contributed by atoms with Crippen LogP contribution in [0.4, 0.5) is 5.69 Å². The van der Waals surface area contributed by atoms with Crippen LogP contribution in [0.5, 0.6) is 5.75 Å². The number of benzene rings is 2. The first-order valence-corrected chi connectivity index (χ1v) is 4.53. The molecule has 0 saturated carbocycles. The number of phenols is 1. The van der Waals surface area contributed by atoms with Gasteiger partial charge in [0.25, 0.3) is 0 Å². The van der Waals surface area contributed by atoms with E-state index in [2.05, 4.69) is 0 Å². The summed E-state index contributed by atoms with van der Waals surface area (Å²) >= 11 is 0. The molecule has 0 saturated heterocycles. The van der Waals surface area contributed by atoms with Gasteiger partial charge in [-0.1, -0.05) is 24.3 Å². The van der Waals surface area contributed by atoms with E-state index in [9.17, 15) is 9.90 Å². The highest BCUT2D eigenvalue weighted by molar-refractivity contribution is 6.08. The largest absolute Gasteiger partial charge is 0.505 e. The van der Waals surface area contributed by atoms with E-state index in [1.54, 1.807) is 29.7 Å². The minimum absolute atomic E-state index is 0.0314. The molecule has 2 aromatic rings. The Morgan fingerprint density at radius 3 is 2.56 bits per heavy atom. The van der Waals surface area contributed by atoms with Crippen LogP contribution in [-0.2, 0) is 0 Å². The molecule has 0 fully saturated rings. The molecule has 0 aliphatic carbocycles. The summed E-state index contributed by atoms with van der Waals surface area (Å²) < 4.78 is 0. The molecule has 0 heterocycles. The van der Waals surface area contributed by atoms with Gasteiger partial charge in [0.05, 0.1) is 0 Å². The molecule has 0 aliphatic rings. The van der Waals surface area contributed by atoms with Gasteiger partial charge in [-0.15, -0.1) is 0 Å². The van der Waals surface area contributed by atoms with E-state index in [0.717, 1.165) is 0 Å². The molecule has 82 valence electrons. The second kappa shape index (κ2) is 3.71. The van der Waals surface area contributed by atoms with E-state index in [0.29, 0.717) is 10.8 Å². The van der Waals surface area contributed by atoms with Crippen LogP contribution in [0.15, 0.2) is 30.3 Å². The van der Waals surface area contributed by atoms with Crippen molar-refractivity contribution in [2.24, 2.45) is 0 Å². The molecule has 0 amide bonds. The maximum absolute atomic E-state index is 11.0. The highest BCUT2D eigenvalue weighted by Crippen LogP contribution is 2.34. The number of aromatic carboxylic acids is 1. The number of rotatable bonds is 2. The fourth-order valence-corrected chi connectivity index (χ4v) is 1.64. The van der Waals surface area contributed by atoms with Crippen LogP contribution in [-0.4, -0.2) is 21.4 Å². The molecule has 0 radical (unpaired) electrons. The Balaban J connectivity index is 2.91. The third-order valence-electron chi connectivity index (χ3n) is 2.36. The van der Waals surface area contributed by atoms with Crippen molar-refractivity contribution in [1.29, 1.82) is 0 Å². The summed E-state index contributed by atoms with van der Waals surface area (Å²) in [5, 5.41) is 28.5. The Morgan fingerprint density at radius 2 is 1.94 bits per heavy atom. The van der Waals surface area contributed by atoms with Crippen LogP contribution in [0, 0.1) is 0 Å². The van der Waals surface area contributed by atoms with Gasteiger partial charge in [0.15, 0.2) is 5.75 Å². The number of carboxylic acid groups (broad SMARTS) is 1. The lowest BCUT2D eigenvalue weighted by molar-refractivity contribution is 0.0696. The average molecular weight is 219 g/mol. The molecule has 0 unspecified atom stereocenters. The monoisotopic (exact) mass is 219 g/mol. The van der Waals surface area contributed by atoms with Gasteiger partial charge in [0.2, 0.25) is 0 Å². The van der Waals surface area contributed by atoms with Crippen LogP contribution in [0.1, 0.15) is 10.4 Å². The number of carboxylic acids is 1. The third-order valence-corrected chi connectivity index (χ3v) is 2.36. The van der Waals surface area contributed by atoms with Crippen LogP contribution in [0.3, 0.4) is 0 Å². The second-order valence-electron chi connectivity index (χ2n) is 3.29. The lowest BCUT2D eigenvalue weighted by Crippen LogP contribution is -2.01. The highest BCUT2D eigenvalue weighted by atomic mass is 16.5. The fraction of sp³-hybridized carbons (Fsp3) is 0. The minimum atomic E-state index is -1.24. The van der Waals surface area contributed by atoms with Crippen molar-refractivity contribution in [3.8, 4) is 5.75 Å². The first-order valence-electron chi connectivity index (χ1n) is 4.53. The standard InChI is InChI=1S/C11H9NO4/c13-10-8(12-16)5-6-3-1-2-4-7(6)9(10)11(14)15/h1-5,12-13,16H,(H,14,15). The van der Waals surface area contributed by atoms with Gasteiger partial charge in [-0.05, 0) is 11.5 Å². The summed E-state index contributed by atoms with van der Waals surface area (Å²) in [5.41, 5.74) is 1.51. The van der Waals surface area contributed by atoms with Gasteiger partial charge in [0, 0.05) is 5.39 Å². The Kier molecular flexibility index (Phi) is 2.38. The molecule has 2 rings (SSSR count). The Labute approximate surface area is 90.5 Å². The number of nitrogens with one attached hydrogen (secondary N) is 1. The zero-order chi connectivity index (χ0) is 11.7. The Hall–Kier alpha value is -2.27. The lowest BCUT2D eigenvalue weighted by atomic mass is 10.0. The number of carbonyl (C=O) groups is 1. The van der Waals surface area contributed by atoms with E-state index in [1.165, 1.54) is 6.07 Å². The summed E-state index contributed by atoms with van der Waals surface area (Å²) in [5.74, 6) is -1.72. The Bertz CT molecular complexity index is 565. The molecule has 5 nitrogen and oxygen atoms in total. The molecule has 4 N–H and O–H groups in total. The van der Waals surface area contributed by atoms with Gasteiger partial charge < -0.3 is 10.2 Å². The molecular weight excluding hydrogens is 210 g/mol. The summed E-state index contributed by atoms with van der Waals surface area (Å²) in [4.78, 5) is 11.0. The Morgan fingerprint density at radius 1 is 1.25 bits per heavy atom. The van der Waals surface area contributed by atoms with E-state index >= 15 is 0 Å². The van der Waals surface area contributed by atoms with Gasteiger partial charge in [-0.25, -0.2) is 4.79 Å². The molecule has 16 heavy (non-hydrogen) atoms. The SMILES string of the molecule is O=C(O)c1c(O)c(NO)cc2ccccc12. The fourth-order valence-electron chi connectivity index (χ4n) is 1.64. The van der Waals surface area contributed by atoms with Crippen LogP contribution >= 0.6 is 0 Å². The minimum Gasteiger partial charge on any atom is -0.505 e. The zero-order valence-electron chi connectivity index (χ0n) is 8.14. The molecule has 0 atom stereocenters. The zero-order valence-corrected chi connectivity index (χ0v) is 8.14.